The number of sulfonamides is 1. The van der Waals surface area contributed by atoms with E-state index >= 15 is 0 Å². The molecule has 0 saturated heterocycles. The number of para-hydroxylation sites is 2. The minimum atomic E-state index is -4.24. The van der Waals surface area contributed by atoms with Crippen LogP contribution in [0, 0.1) is 0 Å². The highest BCUT2D eigenvalue weighted by molar-refractivity contribution is 7.92. The number of hydrogen-bond donors (Lipinski definition) is 1. The summed E-state index contributed by atoms with van der Waals surface area (Å²) in [4.78, 5) is 30.2. The van der Waals surface area contributed by atoms with Gasteiger partial charge in [-0.15, -0.1) is 0 Å². The number of anilines is 1. The van der Waals surface area contributed by atoms with Crippen molar-refractivity contribution in [2.75, 3.05) is 18.0 Å². The maximum atomic E-state index is 14.6. The Morgan fingerprint density at radius 1 is 0.870 bits per heavy atom. The number of methoxy groups -OCH3 is 1. The maximum absolute atomic E-state index is 14.6. The molecule has 1 aliphatic rings. The first-order valence-corrected chi connectivity index (χ1v) is 17.2. The van der Waals surface area contributed by atoms with Gasteiger partial charge in [0, 0.05) is 24.0 Å². The van der Waals surface area contributed by atoms with Crippen LogP contribution in [-0.2, 0) is 32.6 Å². The van der Waals surface area contributed by atoms with Gasteiger partial charge in [0.25, 0.3) is 10.0 Å². The summed E-state index contributed by atoms with van der Waals surface area (Å²) in [6.45, 7) is -0.580. The molecule has 1 fully saturated rings. The lowest BCUT2D eigenvalue weighted by atomic mass is 10.0. The summed E-state index contributed by atoms with van der Waals surface area (Å²) in [6.07, 6.45) is 4.04. The predicted molar refractivity (Wildman–Crippen MR) is 180 cm³/mol. The number of rotatable bonds is 13. The summed E-state index contributed by atoms with van der Waals surface area (Å²) in [5, 5.41) is 3.62. The van der Waals surface area contributed by atoms with E-state index in [-0.39, 0.29) is 41.2 Å². The number of nitrogens with one attached hydrogen (secondary N) is 1. The van der Waals surface area contributed by atoms with Gasteiger partial charge in [0.05, 0.1) is 17.7 Å². The third-order valence-corrected chi connectivity index (χ3v) is 10.4. The normalized spacial score (nSPS) is 14.0. The van der Waals surface area contributed by atoms with E-state index in [1.807, 2.05) is 36.4 Å². The minimum Gasteiger partial charge on any atom is -0.495 e. The van der Waals surface area contributed by atoms with Crippen molar-refractivity contribution in [3.05, 3.63) is 125 Å². The highest BCUT2D eigenvalue weighted by atomic mass is 35.5. The Balaban J connectivity index is 1.59. The molecule has 0 spiro atoms. The number of amides is 2. The lowest BCUT2D eigenvalue weighted by Gasteiger charge is -2.34. The van der Waals surface area contributed by atoms with E-state index in [1.54, 1.807) is 60.7 Å². The number of ether oxygens (including phenoxy) is 1. The third kappa shape index (κ3) is 7.89. The molecule has 4 aromatic rings. The summed E-state index contributed by atoms with van der Waals surface area (Å²) in [7, 11) is -2.80. The molecule has 0 aromatic heterocycles. The molecule has 1 saturated carbocycles. The second-order valence-corrected chi connectivity index (χ2v) is 13.6. The largest absolute Gasteiger partial charge is 0.495 e. The molecule has 0 radical (unpaired) electrons. The van der Waals surface area contributed by atoms with Crippen molar-refractivity contribution in [2.24, 2.45) is 0 Å². The first kappa shape index (κ1) is 33.0. The molecular weight excluding hydrogens is 622 g/mol. The second-order valence-electron chi connectivity index (χ2n) is 11.3. The average molecular weight is 660 g/mol. The van der Waals surface area contributed by atoms with E-state index in [4.69, 9.17) is 16.3 Å². The molecule has 0 heterocycles. The van der Waals surface area contributed by atoms with E-state index in [0.29, 0.717) is 10.6 Å². The van der Waals surface area contributed by atoms with Crippen molar-refractivity contribution in [1.29, 1.82) is 0 Å². The van der Waals surface area contributed by atoms with E-state index in [1.165, 1.54) is 24.1 Å². The van der Waals surface area contributed by atoms with Crippen molar-refractivity contribution in [1.82, 2.24) is 10.2 Å². The molecule has 10 heteroatoms. The second kappa shape index (κ2) is 15.3. The fraction of sp³-hybridized carbons (Fsp3) is 0.278. The highest BCUT2D eigenvalue weighted by Gasteiger charge is 2.36. The minimum absolute atomic E-state index is 0.000751. The first-order valence-electron chi connectivity index (χ1n) is 15.4. The van der Waals surface area contributed by atoms with Crippen LogP contribution >= 0.6 is 11.6 Å². The van der Waals surface area contributed by atoms with E-state index in [2.05, 4.69) is 5.32 Å². The van der Waals surface area contributed by atoms with Crippen molar-refractivity contribution >= 4 is 39.1 Å². The molecule has 4 aromatic carbocycles. The molecule has 1 aliphatic carbocycles. The van der Waals surface area contributed by atoms with Crippen LogP contribution in [0.5, 0.6) is 5.75 Å². The van der Waals surface area contributed by atoms with E-state index in [0.717, 1.165) is 35.6 Å². The van der Waals surface area contributed by atoms with Crippen LogP contribution in [0.25, 0.3) is 0 Å². The van der Waals surface area contributed by atoms with Crippen molar-refractivity contribution in [2.45, 2.75) is 55.6 Å². The topological polar surface area (TPSA) is 96.0 Å². The van der Waals surface area contributed by atoms with Crippen molar-refractivity contribution in [3.8, 4) is 5.75 Å². The highest BCUT2D eigenvalue weighted by Crippen LogP contribution is 2.33. The van der Waals surface area contributed by atoms with Crippen LogP contribution in [0.15, 0.2) is 114 Å². The molecule has 8 nitrogen and oxygen atoms in total. The molecule has 5 rings (SSSR count). The Labute approximate surface area is 276 Å². The zero-order chi connectivity index (χ0) is 32.5. The Morgan fingerprint density at radius 3 is 2.15 bits per heavy atom. The summed E-state index contributed by atoms with van der Waals surface area (Å²) in [5.41, 5.74) is 1.71. The third-order valence-electron chi connectivity index (χ3n) is 8.24. The molecule has 1 N–H and O–H groups in total. The monoisotopic (exact) mass is 659 g/mol. The van der Waals surface area contributed by atoms with Crippen LogP contribution in [0.1, 0.15) is 36.8 Å². The Bertz CT molecular complexity index is 1730. The van der Waals surface area contributed by atoms with Crippen LogP contribution in [0.2, 0.25) is 5.02 Å². The van der Waals surface area contributed by atoms with Crippen LogP contribution < -0.4 is 14.4 Å². The first-order chi connectivity index (χ1) is 22.3. The van der Waals surface area contributed by atoms with Gasteiger partial charge in [-0.1, -0.05) is 103 Å². The molecule has 1 unspecified atom stereocenters. The lowest BCUT2D eigenvalue weighted by molar-refractivity contribution is -0.140. The number of halogens is 1. The van der Waals surface area contributed by atoms with Crippen molar-refractivity contribution in [3.63, 3.8) is 0 Å². The number of nitrogens with zero attached hydrogens (tertiary/aromatic N) is 2. The zero-order valence-corrected chi connectivity index (χ0v) is 27.3. The standard InChI is InChI=1S/C36H38ClN3O5S/c1-45-34-23-13-12-22-32(34)40(46(43,44)30-19-6-3-7-20-30)26-35(41)39(25-28-16-8-11-21-31(28)37)33(24-27-14-4-2-5-15-27)36(42)38-29-17-9-10-18-29/h2-8,11-16,19-23,29,33H,9-10,17-18,24-26H2,1H3,(H,38,42). The molecule has 46 heavy (non-hydrogen) atoms. The van der Waals surface area contributed by atoms with Gasteiger partial charge in [-0.3, -0.25) is 13.9 Å². The van der Waals surface area contributed by atoms with Crippen LogP contribution in [0.3, 0.4) is 0 Å². The molecule has 0 bridgehead atoms. The van der Waals surface area contributed by atoms with Gasteiger partial charge >= 0.3 is 0 Å². The predicted octanol–water partition coefficient (Wildman–Crippen LogP) is 6.24. The average Bonchev–Trinajstić information content (AvgIpc) is 3.59. The van der Waals surface area contributed by atoms with Gasteiger partial charge in [0.15, 0.2) is 0 Å². The summed E-state index contributed by atoms with van der Waals surface area (Å²) in [5.74, 6) is -0.564. The van der Waals surface area contributed by atoms with Crippen LogP contribution in [0.4, 0.5) is 5.69 Å². The number of carbonyl (C=O) groups excluding carboxylic acids is 2. The fourth-order valence-corrected chi connectivity index (χ4v) is 7.44. The molecule has 240 valence electrons. The summed E-state index contributed by atoms with van der Waals surface area (Å²) in [6, 6.07) is 30.3. The Kier molecular flexibility index (Phi) is 11.0. The van der Waals surface area contributed by atoms with Gasteiger partial charge in [-0.05, 0) is 54.3 Å². The van der Waals surface area contributed by atoms with E-state index in [9.17, 15) is 18.0 Å². The SMILES string of the molecule is COc1ccccc1N(CC(=O)N(Cc1ccccc1Cl)C(Cc1ccccc1)C(=O)NC1CCCC1)S(=O)(=O)c1ccccc1. The van der Waals surface area contributed by atoms with Gasteiger partial charge in [0.2, 0.25) is 11.8 Å². The lowest BCUT2D eigenvalue weighted by Crippen LogP contribution is -2.54. The van der Waals surface area contributed by atoms with Crippen LogP contribution in [-0.4, -0.2) is 50.9 Å². The Hall–Kier alpha value is -4.34. The summed E-state index contributed by atoms with van der Waals surface area (Å²) < 4.78 is 35.0. The smallest absolute Gasteiger partial charge is 0.264 e. The quantitative estimate of drug-likeness (QED) is 0.183. The molecule has 1 atom stereocenters. The number of benzene rings is 4. The molecule has 0 aliphatic heterocycles. The summed E-state index contributed by atoms with van der Waals surface area (Å²) >= 11 is 6.59. The molecular formula is C36H38ClN3O5S. The van der Waals surface area contributed by atoms with Crippen molar-refractivity contribution < 1.29 is 22.7 Å². The fourth-order valence-electron chi connectivity index (χ4n) is 5.80. The molecule has 2 amide bonds. The van der Waals surface area contributed by atoms with E-state index < -0.39 is 28.5 Å². The van der Waals surface area contributed by atoms with Gasteiger partial charge in [0.1, 0.15) is 18.3 Å². The zero-order valence-electron chi connectivity index (χ0n) is 25.7. The number of carbonyl (C=O) groups is 2. The van der Waals surface area contributed by atoms with Gasteiger partial charge in [-0.2, -0.15) is 0 Å². The maximum Gasteiger partial charge on any atom is 0.264 e. The number of hydrogen-bond acceptors (Lipinski definition) is 5. The Morgan fingerprint density at radius 2 is 1.48 bits per heavy atom. The van der Waals surface area contributed by atoms with Gasteiger partial charge < -0.3 is 15.0 Å². The van der Waals surface area contributed by atoms with Gasteiger partial charge in [-0.25, -0.2) is 8.42 Å².